The van der Waals surface area contributed by atoms with Crippen LogP contribution in [0.25, 0.3) is 22.0 Å². The maximum atomic E-state index is 9.65. The Morgan fingerprint density at radius 1 is 1.04 bits per heavy atom. The number of pyridine rings is 1. The first-order valence-corrected chi connectivity index (χ1v) is 7.80. The summed E-state index contributed by atoms with van der Waals surface area (Å²) in [5.41, 5.74) is 8.74. The molecule has 3 aromatic rings. The zero-order chi connectivity index (χ0) is 16.5. The molecule has 3 rings (SSSR count). The highest BCUT2D eigenvalue weighted by atomic mass is 16.1. The predicted molar refractivity (Wildman–Crippen MR) is 96.1 cm³/mol. The molecule has 0 bridgehead atoms. The molecular weight excluding hydrogens is 284 g/mol. The Bertz CT molecular complexity index is 739. The Balaban J connectivity index is 0.000000236. The van der Waals surface area contributed by atoms with E-state index < -0.39 is 0 Å². The Labute approximate surface area is 137 Å². The minimum absolute atomic E-state index is 0.171. The maximum Gasteiger partial charge on any atom is 0.120 e. The molecule has 3 nitrogen and oxygen atoms in total. The number of carbonyl (C=O) groups is 1. The van der Waals surface area contributed by atoms with Gasteiger partial charge in [0.2, 0.25) is 0 Å². The van der Waals surface area contributed by atoms with Crippen LogP contribution in [0.1, 0.15) is 19.8 Å². The van der Waals surface area contributed by atoms with E-state index >= 15 is 0 Å². The monoisotopic (exact) mass is 306 g/mol. The highest BCUT2D eigenvalue weighted by Gasteiger charge is 1.99. The number of hydrogen-bond donors (Lipinski definition) is 1. The fourth-order valence-corrected chi connectivity index (χ4v) is 2.19. The molecule has 2 N–H and O–H groups in total. The van der Waals surface area contributed by atoms with E-state index in [4.69, 9.17) is 5.73 Å². The third-order valence-electron chi connectivity index (χ3n) is 3.44. The highest BCUT2D eigenvalue weighted by Crippen LogP contribution is 2.21. The minimum Gasteiger partial charge on any atom is -0.328 e. The number of hydrogen-bond acceptors (Lipinski definition) is 3. The number of rotatable bonds is 4. The van der Waals surface area contributed by atoms with Gasteiger partial charge in [-0.15, -0.1) is 0 Å². The maximum absolute atomic E-state index is 9.65. The average Bonchev–Trinajstić information content (AvgIpc) is 2.61. The second-order valence-corrected chi connectivity index (χ2v) is 5.50. The Kier molecular flexibility index (Phi) is 6.45. The number of aldehydes is 1. The predicted octanol–water partition coefficient (Wildman–Crippen LogP) is 4.21. The van der Waals surface area contributed by atoms with Crippen molar-refractivity contribution < 1.29 is 4.79 Å². The van der Waals surface area contributed by atoms with Gasteiger partial charge in [0.1, 0.15) is 6.29 Å². The second-order valence-electron chi connectivity index (χ2n) is 5.50. The number of carbonyl (C=O) groups excluding carboxylic acids is 1. The largest absolute Gasteiger partial charge is 0.328 e. The molecule has 1 heterocycles. The number of para-hydroxylation sites is 1. The van der Waals surface area contributed by atoms with Gasteiger partial charge in [0.05, 0.1) is 5.52 Å². The molecule has 0 saturated heterocycles. The summed E-state index contributed by atoms with van der Waals surface area (Å²) in [7, 11) is 0. The van der Waals surface area contributed by atoms with E-state index in [1.54, 1.807) is 0 Å². The van der Waals surface area contributed by atoms with E-state index in [9.17, 15) is 4.79 Å². The third-order valence-corrected chi connectivity index (χ3v) is 3.44. The summed E-state index contributed by atoms with van der Waals surface area (Å²) in [6.07, 6.45) is 4.22. The van der Waals surface area contributed by atoms with Crippen molar-refractivity contribution in [2.45, 2.75) is 25.8 Å². The van der Waals surface area contributed by atoms with Crippen LogP contribution in [0.15, 0.2) is 66.9 Å². The molecule has 3 heteroatoms. The van der Waals surface area contributed by atoms with Crippen LogP contribution in [0.5, 0.6) is 0 Å². The topological polar surface area (TPSA) is 56.0 Å². The molecular formula is C20H22N2O. The van der Waals surface area contributed by atoms with E-state index in [1.165, 1.54) is 16.5 Å². The molecule has 0 aliphatic heterocycles. The molecule has 0 fully saturated rings. The van der Waals surface area contributed by atoms with Crippen LogP contribution in [-0.4, -0.2) is 17.3 Å². The van der Waals surface area contributed by atoms with Gasteiger partial charge in [0, 0.05) is 29.6 Å². The minimum atomic E-state index is 0.171. The quantitative estimate of drug-likeness (QED) is 0.734. The lowest BCUT2D eigenvalue weighted by Crippen LogP contribution is -2.13. The van der Waals surface area contributed by atoms with Crippen molar-refractivity contribution in [1.29, 1.82) is 0 Å². The first-order valence-electron chi connectivity index (χ1n) is 7.80. The summed E-state index contributed by atoms with van der Waals surface area (Å²) in [6, 6.07) is 20.8. The molecule has 1 atom stereocenters. The molecule has 0 radical (unpaired) electrons. The van der Waals surface area contributed by atoms with Gasteiger partial charge in [-0.1, -0.05) is 48.5 Å². The standard InChI is InChI=1S/C15H11N.C5H11NO/c1-2-6-12(7-3-1)14-10-13-8-4-5-9-15(13)16-11-14;1-5(6)3-2-4-7/h1-11H;4-5H,2-3,6H2,1H3/t;5-/m.1/s1. The van der Waals surface area contributed by atoms with Gasteiger partial charge in [-0.05, 0) is 31.0 Å². The lowest BCUT2D eigenvalue weighted by atomic mass is 10.1. The van der Waals surface area contributed by atoms with E-state index in [0.29, 0.717) is 6.42 Å². The molecule has 23 heavy (non-hydrogen) atoms. The Morgan fingerprint density at radius 2 is 1.74 bits per heavy atom. The summed E-state index contributed by atoms with van der Waals surface area (Å²) < 4.78 is 0. The molecule has 1 aromatic heterocycles. The van der Waals surface area contributed by atoms with Crippen molar-refractivity contribution in [3.63, 3.8) is 0 Å². The van der Waals surface area contributed by atoms with Crippen LogP contribution in [0, 0.1) is 0 Å². The molecule has 0 amide bonds. The Morgan fingerprint density at radius 3 is 2.39 bits per heavy atom. The summed E-state index contributed by atoms with van der Waals surface area (Å²) in [6.45, 7) is 1.89. The van der Waals surface area contributed by atoms with Gasteiger partial charge in [-0.3, -0.25) is 4.98 Å². The van der Waals surface area contributed by atoms with Crippen LogP contribution in [0.4, 0.5) is 0 Å². The van der Waals surface area contributed by atoms with E-state index in [-0.39, 0.29) is 6.04 Å². The van der Waals surface area contributed by atoms with Crippen molar-refractivity contribution in [1.82, 2.24) is 4.98 Å². The van der Waals surface area contributed by atoms with Gasteiger partial charge in [0.15, 0.2) is 0 Å². The van der Waals surface area contributed by atoms with E-state index in [2.05, 4.69) is 29.2 Å². The molecule has 2 aromatic carbocycles. The average molecular weight is 306 g/mol. The molecule has 0 unspecified atom stereocenters. The molecule has 0 spiro atoms. The summed E-state index contributed by atoms with van der Waals surface area (Å²) in [4.78, 5) is 14.1. The highest BCUT2D eigenvalue weighted by molar-refractivity contribution is 5.83. The SMILES string of the molecule is C[C@@H](N)CCC=O.c1ccc(-c2cnc3ccccc3c2)cc1. The van der Waals surface area contributed by atoms with Crippen LogP contribution in [-0.2, 0) is 4.79 Å². The van der Waals surface area contributed by atoms with Crippen molar-refractivity contribution >= 4 is 17.2 Å². The first-order chi connectivity index (χ1) is 11.2. The van der Waals surface area contributed by atoms with Crippen molar-refractivity contribution in [3.8, 4) is 11.1 Å². The lowest BCUT2D eigenvalue weighted by Gasteiger charge is -2.02. The van der Waals surface area contributed by atoms with E-state index in [0.717, 1.165) is 18.2 Å². The Hall–Kier alpha value is -2.52. The summed E-state index contributed by atoms with van der Waals surface area (Å²) in [5, 5.41) is 1.18. The zero-order valence-corrected chi connectivity index (χ0v) is 13.4. The van der Waals surface area contributed by atoms with Crippen molar-refractivity contribution in [2.75, 3.05) is 0 Å². The van der Waals surface area contributed by atoms with Crippen LogP contribution in [0.3, 0.4) is 0 Å². The van der Waals surface area contributed by atoms with Crippen molar-refractivity contribution in [2.24, 2.45) is 5.73 Å². The molecule has 118 valence electrons. The zero-order valence-electron chi connectivity index (χ0n) is 13.4. The fourth-order valence-electron chi connectivity index (χ4n) is 2.19. The van der Waals surface area contributed by atoms with Gasteiger partial charge < -0.3 is 10.5 Å². The van der Waals surface area contributed by atoms with Crippen LogP contribution in [0.2, 0.25) is 0 Å². The normalized spacial score (nSPS) is 11.4. The number of aromatic nitrogens is 1. The fraction of sp³-hybridized carbons (Fsp3) is 0.200. The van der Waals surface area contributed by atoms with E-state index in [1.807, 2.05) is 49.5 Å². The number of benzene rings is 2. The van der Waals surface area contributed by atoms with Gasteiger partial charge in [-0.25, -0.2) is 0 Å². The van der Waals surface area contributed by atoms with Gasteiger partial charge in [0.25, 0.3) is 0 Å². The molecule has 0 aliphatic rings. The molecule has 0 aliphatic carbocycles. The second kappa shape index (κ2) is 8.81. The number of fused-ring (bicyclic) bond motifs is 1. The number of nitrogens with zero attached hydrogens (tertiary/aromatic N) is 1. The summed E-state index contributed by atoms with van der Waals surface area (Å²) in [5.74, 6) is 0. The van der Waals surface area contributed by atoms with Crippen LogP contribution < -0.4 is 5.73 Å². The van der Waals surface area contributed by atoms with Gasteiger partial charge >= 0.3 is 0 Å². The lowest BCUT2D eigenvalue weighted by molar-refractivity contribution is -0.108. The molecule has 0 saturated carbocycles. The smallest absolute Gasteiger partial charge is 0.120 e. The van der Waals surface area contributed by atoms with Crippen LogP contribution >= 0.6 is 0 Å². The number of nitrogens with two attached hydrogens (primary N) is 1. The van der Waals surface area contributed by atoms with Crippen molar-refractivity contribution in [3.05, 3.63) is 66.9 Å². The summed E-state index contributed by atoms with van der Waals surface area (Å²) >= 11 is 0. The third kappa shape index (κ3) is 5.31. The first kappa shape index (κ1) is 16.8. The van der Waals surface area contributed by atoms with Gasteiger partial charge in [-0.2, -0.15) is 0 Å².